The van der Waals surface area contributed by atoms with Gasteiger partial charge in [-0.15, -0.1) is 0 Å². The topological polar surface area (TPSA) is 0 Å². The van der Waals surface area contributed by atoms with Crippen LogP contribution in [0.25, 0.3) is 0 Å². The second kappa shape index (κ2) is 2.38. The fourth-order valence-electron chi connectivity index (χ4n) is 1.02. The Hall–Kier alpha value is -0.520. The lowest BCUT2D eigenvalue weighted by Crippen LogP contribution is -2.03. The van der Waals surface area contributed by atoms with Crippen molar-refractivity contribution in [2.45, 2.75) is 26.7 Å². The molecule has 1 rings (SSSR count). The Morgan fingerprint density at radius 2 is 1.89 bits per heavy atom. The normalized spacial score (nSPS) is 23.8. The van der Waals surface area contributed by atoms with Crippen LogP contribution in [0.1, 0.15) is 26.7 Å². The molecule has 0 radical (unpaired) electrons. The van der Waals surface area contributed by atoms with Gasteiger partial charge in [0.2, 0.25) is 0 Å². The van der Waals surface area contributed by atoms with Crippen molar-refractivity contribution < 1.29 is 0 Å². The lowest BCUT2D eigenvalue weighted by atomic mass is 9.90. The van der Waals surface area contributed by atoms with Gasteiger partial charge in [0, 0.05) is 0 Å². The van der Waals surface area contributed by atoms with Crippen LogP contribution in [0.2, 0.25) is 0 Å². The van der Waals surface area contributed by atoms with Crippen LogP contribution in [0.3, 0.4) is 0 Å². The molecule has 0 amide bonds. The van der Waals surface area contributed by atoms with Crippen molar-refractivity contribution in [3.05, 3.63) is 24.3 Å². The molecule has 0 heterocycles. The summed E-state index contributed by atoms with van der Waals surface area (Å²) in [6, 6.07) is 0. The van der Waals surface area contributed by atoms with Gasteiger partial charge in [0.15, 0.2) is 0 Å². The fourth-order valence-corrected chi connectivity index (χ4v) is 1.02. The van der Waals surface area contributed by atoms with E-state index >= 15 is 0 Å². The Morgan fingerprint density at radius 1 is 1.11 bits per heavy atom. The Balaban J connectivity index is 2.66. The van der Waals surface area contributed by atoms with Crippen molar-refractivity contribution in [3.8, 4) is 0 Å². The molecule has 0 unspecified atom stereocenters. The van der Waals surface area contributed by atoms with Crippen molar-refractivity contribution >= 4 is 0 Å². The average Bonchev–Trinajstić information content (AvgIpc) is 1.92. The van der Waals surface area contributed by atoms with Crippen LogP contribution >= 0.6 is 0 Å². The molecule has 0 N–H and O–H groups in total. The minimum Gasteiger partial charge on any atom is -0.0874 e. The Kier molecular flexibility index (Phi) is 1.75. The van der Waals surface area contributed by atoms with Gasteiger partial charge >= 0.3 is 0 Å². The molecule has 0 bridgehead atoms. The molecular weight excluding hydrogens is 108 g/mol. The molecule has 0 nitrogen and oxygen atoms in total. The van der Waals surface area contributed by atoms with E-state index in [1.807, 2.05) is 0 Å². The SMILES string of the molecule is CC1(C)C=CCC=CC1. The first kappa shape index (κ1) is 6.60. The molecule has 0 saturated carbocycles. The third-order valence-corrected chi connectivity index (χ3v) is 1.65. The second-order valence-electron chi connectivity index (χ2n) is 3.30. The minimum absolute atomic E-state index is 0.396. The zero-order chi connectivity index (χ0) is 6.74. The van der Waals surface area contributed by atoms with E-state index in [4.69, 9.17) is 0 Å². The van der Waals surface area contributed by atoms with E-state index in [2.05, 4.69) is 38.2 Å². The van der Waals surface area contributed by atoms with Gasteiger partial charge in [0.1, 0.15) is 0 Å². The quantitative estimate of drug-likeness (QED) is 0.433. The van der Waals surface area contributed by atoms with Crippen LogP contribution in [0, 0.1) is 5.41 Å². The fraction of sp³-hybridized carbons (Fsp3) is 0.556. The highest BCUT2D eigenvalue weighted by atomic mass is 14.2. The molecule has 0 heteroatoms. The Bertz CT molecular complexity index is 138. The van der Waals surface area contributed by atoms with Gasteiger partial charge in [0.05, 0.1) is 0 Å². The first-order valence-electron chi connectivity index (χ1n) is 3.53. The molecule has 0 fully saturated rings. The van der Waals surface area contributed by atoms with E-state index in [1.165, 1.54) is 6.42 Å². The van der Waals surface area contributed by atoms with Gasteiger partial charge in [-0.1, -0.05) is 38.2 Å². The summed E-state index contributed by atoms with van der Waals surface area (Å²) in [6.45, 7) is 4.53. The largest absolute Gasteiger partial charge is 0.0874 e. The number of rotatable bonds is 0. The number of allylic oxidation sites excluding steroid dienone is 4. The van der Waals surface area contributed by atoms with Crippen molar-refractivity contribution in [1.29, 1.82) is 0 Å². The lowest BCUT2D eigenvalue weighted by Gasteiger charge is -2.15. The highest BCUT2D eigenvalue weighted by molar-refractivity contribution is 5.06. The zero-order valence-corrected chi connectivity index (χ0v) is 6.22. The van der Waals surface area contributed by atoms with Gasteiger partial charge in [-0.3, -0.25) is 0 Å². The van der Waals surface area contributed by atoms with E-state index in [0.29, 0.717) is 5.41 Å². The van der Waals surface area contributed by atoms with Crippen LogP contribution in [0.4, 0.5) is 0 Å². The van der Waals surface area contributed by atoms with E-state index in [1.54, 1.807) is 0 Å². The Labute approximate surface area is 57.3 Å². The van der Waals surface area contributed by atoms with Crippen LogP contribution in [-0.2, 0) is 0 Å². The smallest absolute Gasteiger partial charge is 0.0140 e. The molecule has 0 atom stereocenters. The molecule has 0 spiro atoms. The maximum Gasteiger partial charge on any atom is -0.0140 e. The van der Waals surface area contributed by atoms with E-state index in [0.717, 1.165) is 6.42 Å². The van der Waals surface area contributed by atoms with Crippen LogP contribution in [0.5, 0.6) is 0 Å². The summed E-state index contributed by atoms with van der Waals surface area (Å²) in [5, 5.41) is 0. The molecule has 50 valence electrons. The standard InChI is InChI=1S/C9H14/c1-9(2)7-5-3-4-6-8-9/h3,5-6,8H,4,7H2,1-2H3. The predicted molar refractivity (Wildman–Crippen MR) is 41.3 cm³/mol. The lowest BCUT2D eigenvalue weighted by molar-refractivity contribution is 0.490. The second-order valence-corrected chi connectivity index (χ2v) is 3.30. The highest BCUT2D eigenvalue weighted by Gasteiger charge is 2.11. The molecule has 0 saturated heterocycles. The average molecular weight is 122 g/mol. The molecule has 1 aliphatic rings. The summed E-state index contributed by atoms with van der Waals surface area (Å²) in [6.07, 6.45) is 11.3. The molecule has 1 aliphatic carbocycles. The minimum atomic E-state index is 0.396. The van der Waals surface area contributed by atoms with E-state index < -0.39 is 0 Å². The number of hydrogen-bond acceptors (Lipinski definition) is 0. The molecule has 0 aromatic heterocycles. The maximum atomic E-state index is 2.30. The van der Waals surface area contributed by atoms with Crippen molar-refractivity contribution in [2.24, 2.45) is 5.41 Å². The molecule has 0 aromatic carbocycles. The third-order valence-electron chi connectivity index (χ3n) is 1.65. The zero-order valence-electron chi connectivity index (χ0n) is 6.22. The highest BCUT2D eigenvalue weighted by Crippen LogP contribution is 2.24. The van der Waals surface area contributed by atoms with Gasteiger partial charge < -0.3 is 0 Å². The summed E-state index contributed by atoms with van der Waals surface area (Å²) in [5.41, 5.74) is 0.396. The van der Waals surface area contributed by atoms with Crippen LogP contribution < -0.4 is 0 Å². The summed E-state index contributed by atoms with van der Waals surface area (Å²) >= 11 is 0. The first-order chi connectivity index (χ1) is 4.21. The van der Waals surface area contributed by atoms with E-state index in [9.17, 15) is 0 Å². The first-order valence-corrected chi connectivity index (χ1v) is 3.53. The summed E-state index contributed by atoms with van der Waals surface area (Å²) in [5.74, 6) is 0. The summed E-state index contributed by atoms with van der Waals surface area (Å²) in [7, 11) is 0. The monoisotopic (exact) mass is 122 g/mol. The van der Waals surface area contributed by atoms with Crippen molar-refractivity contribution in [3.63, 3.8) is 0 Å². The van der Waals surface area contributed by atoms with E-state index in [-0.39, 0.29) is 0 Å². The Morgan fingerprint density at radius 3 is 2.67 bits per heavy atom. The molecule has 9 heavy (non-hydrogen) atoms. The van der Waals surface area contributed by atoms with Gasteiger partial charge in [-0.2, -0.15) is 0 Å². The maximum absolute atomic E-state index is 2.30. The van der Waals surface area contributed by atoms with Gasteiger partial charge in [-0.05, 0) is 18.3 Å². The van der Waals surface area contributed by atoms with Crippen molar-refractivity contribution in [2.75, 3.05) is 0 Å². The third kappa shape index (κ3) is 2.05. The summed E-state index contributed by atoms with van der Waals surface area (Å²) < 4.78 is 0. The van der Waals surface area contributed by atoms with Crippen LogP contribution in [-0.4, -0.2) is 0 Å². The van der Waals surface area contributed by atoms with Gasteiger partial charge in [0.25, 0.3) is 0 Å². The number of hydrogen-bond donors (Lipinski definition) is 0. The van der Waals surface area contributed by atoms with Crippen molar-refractivity contribution in [1.82, 2.24) is 0 Å². The van der Waals surface area contributed by atoms with Gasteiger partial charge in [-0.25, -0.2) is 0 Å². The summed E-state index contributed by atoms with van der Waals surface area (Å²) in [4.78, 5) is 0. The van der Waals surface area contributed by atoms with Crippen LogP contribution in [0.15, 0.2) is 24.3 Å². The molecule has 0 aliphatic heterocycles. The predicted octanol–water partition coefficient (Wildman–Crippen LogP) is 2.92. The molecule has 0 aromatic rings. The molecular formula is C9H14.